The summed E-state index contributed by atoms with van der Waals surface area (Å²) < 4.78 is 0. The predicted octanol–water partition coefficient (Wildman–Crippen LogP) is 4.80. The van der Waals surface area contributed by atoms with Crippen molar-refractivity contribution in [2.45, 2.75) is 39.3 Å². The van der Waals surface area contributed by atoms with Crippen LogP contribution in [0.2, 0.25) is 0 Å². The van der Waals surface area contributed by atoms with Crippen LogP contribution in [0.3, 0.4) is 0 Å². The highest BCUT2D eigenvalue weighted by Gasteiger charge is 2.37. The quantitative estimate of drug-likeness (QED) is 0.464. The van der Waals surface area contributed by atoms with Crippen molar-refractivity contribution in [3.05, 3.63) is 88.0 Å². The van der Waals surface area contributed by atoms with Crippen molar-refractivity contribution in [2.75, 3.05) is 0 Å². The van der Waals surface area contributed by atoms with Gasteiger partial charge in [0.15, 0.2) is 0 Å². The first-order valence-corrected chi connectivity index (χ1v) is 11.4. The average Bonchev–Trinajstić information content (AvgIpc) is 3.51. The minimum atomic E-state index is 0.128. The van der Waals surface area contributed by atoms with Crippen LogP contribution in [0.1, 0.15) is 50.6 Å². The van der Waals surface area contributed by atoms with Gasteiger partial charge in [-0.1, -0.05) is 36.4 Å². The molecule has 0 fully saturated rings. The van der Waals surface area contributed by atoms with Gasteiger partial charge in [-0.05, 0) is 89.0 Å². The highest BCUT2D eigenvalue weighted by atomic mass is 16.2. The van der Waals surface area contributed by atoms with E-state index in [1.165, 1.54) is 38.2 Å². The van der Waals surface area contributed by atoms with Gasteiger partial charge in [-0.15, -0.1) is 10.2 Å². The second-order valence-electron chi connectivity index (χ2n) is 9.11. The smallest absolute Gasteiger partial charge is 0.255 e. The predicted molar refractivity (Wildman–Crippen MR) is 127 cm³/mol. The lowest BCUT2D eigenvalue weighted by atomic mass is 9.89. The van der Waals surface area contributed by atoms with Crippen LogP contribution in [0, 0.1) is 13.8 Å². The molecule has 0 saturated heterocycles. The summed E-state index contributed by atoms with van der Waals surface area (Å²) in [7, 11) is 1.78. The van der Waals surface area contributed by atoms with E-state index in [1.54, 1.807) is 7.05 Å². The monoisotopic (exact) mass is 435 g/mol. The molecule has 2 heterocycles. The van der Waals surface area contributed by atoms with Gasteiger partial charge in [0.05, 0.1) is 13.1 Å². The minimum Gasteiger partial charge on any atom is -0.327 e. The molecule has 0 N–H and O–H groups in total. The molecule has 0 bridgehead atoms. The molecule has 1 amide bonds. The fourth-order valence-corrected chi connectivity index (χ4v) is 5.64. The maximum Gasteiger partial charge on any atom is 0.255 e. The number of aromatic nitrogens is 4. The number of hydrogen-bond acceptors (Lipinski definition) is 4. The Morgan fingerprint density at radius 3 is 2.45 bits per heavy atom. The van der Waals surface area contributed by atoms with Crippen LogP contribution in [0.25, 0.3) is 22.5 Å². The van der Waals surface area contributed by atoms with Crippen LogP contribution in [0.4, 0.5) is 0 Å². The first kappa shape index (κ1) is 19.9. The summed E-state index contributed by atoms with van der Waals surface area (Å²) in [5.41, 5.74) is 10.5. The normalized spacial score (nSPS) is 16.9. The molecule has 0 saturated carbocycles. The van der Waals surface area contributed by atoms with Crippen molar-refractivity contribution < 1.29 is 4.79 Å². The molecule has 0 radical (unpaired) electrons. The summed E-state index contributed by atoms with van der Waals surface area (Å²) in [4.78, 5) is 16.7. The number of benzene rings is 3. The molecule has 6 nitrogen and oxygen atoms in total. The molecule has 1 aliphatic carbocycles. The molecule has 6 heteroatoms. The van der Waals surface area contributed by atoms with Gasteiger partial charge < -0.3 is 4.90 Å². The SMILES string of the molecule is Cc1cc(-c2nnn(C)n2)cc(C)c1-c1cccc2c1CC[C@H]2N1Cc2ccccc2C1=O. The lowest BCUT2D eigenvalue weighted by Gasteiger charge is -2.25. The van der Waals surface area contributed by atoms with Crippen molar-refractivity contribution in [3.63, 3.8) is 0 Å². The zero-order valence-electron chi connectivity index (χ0n) is 19.0. The van der Waals surface area contributed by atoms with Gasteiger partial charge in [-0.2, -0.15) is 4.80 Å². The Balaban J connectivity index is 1.39. The number of carbonyl (C=O) groups is 1. The maximum atomic E-state index is 13.1. The number of nitrogens with zero attached hydrogens (tertiary/aromatic N) is 5. The summed E-state index contributed by atoms with van der Waals surface area (Å²) in [5.74, 6) is 0.794. The summed E-state index contributed by atoms with van der Waals surface area (Å²) in [6.07, 6.45) is 1.94. The fraction of sp³-hybridized carbons (Fsp3) is 0.259. The van der Waals surface area contributed by atoms with Crippen molar-refractivity contribution in [2.24, 2.45) is 7.05 Å². The summed E-state index contributed by atoms with van der Waals surface area (Å²) in [6, 6.07) is 19.0. The number of hydrogen-bond donors (Lipinski definition) is 0. The zero-order chi connectivity index (χ0) is 22.7. The molecule has 2 aliphatic rings. The molecule has 1 atom stereocenters. The number of amides is 1. The molecule has 6 rings (SSSR count). The third-order valence-electron chi connectivity index (χ3n) is 7.03. The third kappa shape index (κ3) is 3.09. The van der Waals surface area contributed by atoms with Gasteiger partial charge >= 0.3 is 0 Å². The molecular weight excluding hydrogens is 410 g/mol. The van der Waals surface area contributed by atoms with Gasteiger partial charge in [0.2, 0.25) is 5.82 Å². The standard InChI is InChI=1S/C27H25N5O/c1-16-13-19(26-28-30-31(3)29-26)14-17(2)25(16)23-10-6-9-22-21(23)11-12-24(22)32-15-18-7-4-5-8-20(18)27(32)33/h4-10,13-14,24H,11-12,15H2,1-3H3/t24-/m1/s1. The maximum absolute atomic E-state index is 13.1. The van der Waals surface area contributed by atoms with Crippen molar-refractivity contribution in [1.82, 2.24) is 25.1 Å². The first-order valence-electron chi connectivity index (χ1n) is 11.4. The molecule has 164 valence electrons. The van der Waals surface area contributed by atoms with E-state index >= 15 is 0 Å². The lowest BCUT2D eigenvalue weighted by molar-refractivity contribution is 0.0701. The second kappa shape index (κ2) is 7.37. The zero-order valence-corrected chi connectivity index (χ0v) is 19.0. The minimum absolute atomic E-state index is 0.128. The Labute approximate surface area is 192 Å². The Morgan fingerprint density at radius 2 is 1.73 bits per heavy atom. The van der Waals surface area contributed by atoms with E-state index in [0.29, 0.717) is 12.4 Å². The molecule has 4 aromatic rings. The van der Waals surface area contributed by atoms with Crippen molar-refractivity contribution in [3.8, 4) is 22.5 Å². The largest absolute Gasteiger partial charge is 0.327 e. The van der Waals surface area contributed by atoms with E-state index in [4.69, 9.17) is 0 Å². The van der Waals surface area contributed by atoms with Gasteiger partial charge in [-0.25, -0.2) is 0 Å². The third-order valence-corrected chi connectivity index (χ3v) is 7.03. The van der Waals surface area contributed by atoms with E-state index in [9.17, 15) is 4.79 Å². The molecule has 33 heavy (non-hydrogen) atoms. The van der Waals surface area contributed by atoms with Crippen LogP contribution >= 0.6 is 0 Å². The lowest BCUT2D eigenvalue weighted by Crippen LogP contribution is -2.27. The molecule has 0 spiro atoms. The van der Waals surface area contributed by atoms with E-state index < -0.39 is 0 Å². The summed E-state index contributed by atoms with van der Waals surface area (Å²) in [5, 5.41) is 12.5. The van der Waals surface area contributed by atoms with Gasteiger partial charge in [0.25, 0.3) is 5.91 Å². The van der Waals surface area contributed by atoms with Gasteiger partial charge in [0.1, 0.15) is 0 Å². The van der Waals surface area contributed by atoms with Crippen LogP contribution in [0.5, 0.6) is 0 Å². The Hall–Kier alpha value is -3.80. The fourth-order valence-electron chi connectivity index (χ4n) is 5.64. The number of carbonyl (C=O) groups excluding carboxylic acids is 1. The molecule has 3 aromatic carbocycles. The topological polar surface area (TPSA) is 63.9 Å². The molecular formula is C27H25N5O. The van der Waals surface area contributed by atoms with E-state index in [-0.39, 0.29) is 11.9 Å². The Morgan fingerprint density at radius 1 is 0.970 bits per heavy atom. The Bertz CT molecular complexity index is 1400. The van der Waals surface area contributed by atoms with E-state index in [2.05, 4.69) is 70.6 Å². The van der Waals surface area contributed by atoms with Crippen LogP contribution in [-0.2, 0) is 20.0 Å². The second-order valence-corrected chi connectivity index (χ2v) is 9.11. The molecule has 1 aliphatic heterocycles. The van der Waals surface area contributed by atoms with E-state index in [1.807, 2.05) is 18.2 Å². The molecule has 0 unspecified atom stereocenters. The van der Waals surface area contributed by atoms with Crippen LogP contribution in [-0.4, -0.2) is 31.0 Å². The number of aryl methyl sites for hydroxylation is 3. The summed E-state index contributed by atoms with van der Waals surface area (Å²) in [6.45, 7) is 4.99. The van der Waals surface area contributed by atoms with Gasteiger partial charge in [0, 0.05) is 17.7 Å². The van der Waals surface area contributed by atoms with Crippen LogP contribution in [0.15, 0.2) is 54.6 Å². The van der Waals surface area contributed by atoms with Crippen LogP contribution < -0.4 is 0 Å². The van der Waals surface area contributed by atoms with Crippen molar-refractivity contribution in [1.29, 1.82) is 0 Å². The Kier molecular flexibility index (Phi) is 4.43. The highest BCUT2D eigenvalue weighted by Crippen LogP contribution is 2.44. The van der Waals surface area contributed by atoms with E-state index in [0.717, 1.165) is 29.5 Å². The number of rotatable bonds is 3. The van der Waals surface area contributed by atoms with Crippen molar-refractivity contribution >= 4 is 5.91 Å². The number of tetrazole rings is 1. The highest BCUT2D eigenvalue weighted by molar-refractivity contribution is 5.98. The summed E-state index contributed by atoms with van der Waals surface area (Å²) >= 11 is 0. The first-order chi connectivity index (χ1) is 16.0. The molecule has 1 aromatic heterocycles. The number of fused-ring (bicyclic) bond motifs is 2. The average molecular weight is 436 g/mol. The van der Waals surface area contributed by atoms with Gasteiger partial charge in [-0.3, -0.25) is 4.79 Å².